The molecule has 1 atom stereocenters. The van der Waals surface area contributed by atoms with Crippen LogP contribution < -0.4 is 10.6 Å². The van der Waals surface area contributed by atoms with E-state index in [1.807, 2.05) is 11.8 Å². The first-order valence-electron chi connectivity index (χ1n) is 11.9. The van der Waals surface area contributed by atoms with Crippen molar-refractivity contribution in [2.45, 2.75) is 70.9 Å². The number of halogens is 1. The average molecular weight is 549 g/mol. The zero-order chi connectivity index (χ0) is 21.3. The Morgan fingerprint density at radius 2 is 1.61 bits per heavy atom. The van der Waals surface area contributed by atoms with Gasteiger partial charge in [-0.05, 0) is 39.5 Å². The van der Waals surface area contributed by atoms with Crippen LogP contribution in [0.15, 0.2) is 4.99 Å². The molecule has 3 aliphatic rings. The van der Waals surface area contributed by atoms with Gasteiger partial charge >= 0.3 is 0 Å². The molecule has 178 valence electrons. The number of rotatable bonds is 7. The molecule has 1 unspecified atom stereocenters. The maximum Gasteiger partial charge on any atom is 0.239 e. The van der Waals surface area contributed by atoms with Gasteiger partial charge in [0.15, 0.2) is 5.96 Å². The van der Waals surface area contributed by atoms with Gasteiger partial charge in [0.2, 0.25) is 11.8 Å². The molecule has 2 amide bonds. The molecule has 2 aliphatic heterocycles. The molecule has 1 aliphatic carbocycles. The summed E-state index contributed by atoms with van der Waals surface area (Å²) in [6, 6.07) is 0.317. The third kappa shape index (κ3) is 7.76. The molecule has 2 saturated heterocycles. The summed E-state index contributed by atoms with van der Waals surface area (Å²) in [5, 5.41) is 6.49. The van der Waals surface area contributed by atoms with Gasteiger partial charge in [0, 0.05) is 58.3 Å². The first kappa shape index (κ1) is 26.2. The number of piperazine rings is 1. The summed E-state index contributed by atoms with van der Waals surface area (Å²) in [4.78, 5) is 36.1. The van der Waals surface area contributed by atoms with E-state index in [-0.39, 0.29) is 41.8 Å². The van der Waals surface area contributed by atoms with Gasteiger partial charge in [0.25, 0.3) is 0 Å². The van der Waals surface area contributed by atoms with Crippen LogP contribution in [0.25, 0.3) is 0 Å². The number of amides is 2. The van der Waals surface area contributed by atoms with Gasteiger partial charge in [-0.2, -0.15) is 0 Å². The van der Waals surface area contributed by atoms with Crippen molar-refractivity contribution in [3.05, 3.63) is 0 Å². The van der Waals surface area contributed by atoms with Crippen molar-refractivity contribution in [1.29, 1.82) is 0 Å². The standard InChI is InChI=1S/C22H40N6O2.HI/c1-3-23-22(24-11-10-20(29)25-19-8-4-5-9-19)28-16-14-26(15-17-28)18(2)21(30)27-12-6-7-13-27;/h18-19H,3-17H2,1-2H3,(H,23,24)(H,25,29);1H. The van der Waals surface area contributed by atoms with E-state index in [1.165, 1.54) is 12.8 Å². The highest BCUT2D eigenvalue weighted by Crippen LogP contribution is 2.17. The van der Waals surface area contributed by atoms with E-state index in [1.54, 1.807) is 0 Å². The van der Waals surface area contributed by atoms with Gasteiger partial charge in [-0.15, -0.1) is 24.0 Å². The number of carbonyl (C=O) groups is 2. The normalized spacial score (nSPS) is 21.7. The zero-order valence-corrected chi connectivity index (χ0v) is 21.6. The third-order valence-corrected chi connectivity index (χ3v) is 6.59. The molecule has 0 aromatic carbocycles. The van der Waals surface area contributed by atoms with Crippen molar-refractivity contribution in [2.24, 2.45) is 4.99 Å². The zero-order valence-electron chi connectivity index (χ0n) is 19.3. The van der Waals surface area contributed by atoms with E-state index in [4.69, 9.17) is 4.99 Å². The van der Waals surface area contributed by atoms with Crippen molar-refractivity contribution in [2.75, 3.05) is 52.4 Å². The Bertz CT molecular complexity index is 597. The van der Waals surface area contributed by atoms with Crippen molar-refractivity contribution < 1.29 is 9.59 Å². The minimum absolute atomic E-state index is 0. The summed E-state index contributed by atoms with van der Waals surface area (Å²) in [5.74, 6) is 1.26. The van der Waals surface area contributed by atoms with Gasteiger partial charge in [0.05, 0.1) is 12.6 Å². The molecule has 0 bridgehead atoms. The van der Waals surface area contributed by atoms with Crippen LogP contribution in [0.2, 0.25) is 0 Å². The van der Waals surface area contributed by atoms with Crippen molar-refractivity contribution in [3.63, 3.8) is 0 Å². The van der Waals surface area contributed by atoms with E-state index < -0.39 is 0 Å². The predicted molar refractivity (Wildman–Crippen MR) is 135 cm³/mol. The number of likely N-dealkylation sites (tertiary alicyclic amines) is 1. The summed E-state index contributed by atoms with van der Waals surface area (Å²) in [7, 11) is 0. The fraction of sp³-hybridized carbons (Fsp3) is 0.864. The molecule has 2 N–H and O–H groups in total. The highest BCUT2D eigenvalue weighted by atomic mass is 127. The highest BCUT2D eigenvalue weighted by molar-refractivity contribution is 14.0. The van der Waals surface area contributed by atoms with Crippen LogP contribution in [0, 0.1) is 0 Å². The topological polar surface area (TPSA) is 80.3 Å². The van der Waals surface area contributed by atoms with Crippen LogP contribution in [0.3, 0.4) is 0 Å². The molecule has 8 nitrogen and oxygen atoms in total. The minimum atomic E-state index is -0.0518. The monoisotopic (exact) mass is 548 g/mol. The average Bonchev–Trinajstić information content (AvgIpc) is 3.46. The molecular formula is C22H41IN6O2. The molecular weight excluding hydrogens is 507 g/mol. The van der Waals surface area contributed by atoms with Crippen LogP contribution in [0.5, 0.6) is 0 Å². The van der Waals surface area contributed by atoms with E-state index in [0.29, 0.717) is 19.0 Å². The number of nitrogens with zero attached hydrogens (tertiary/aromatic N) is 4. The fourth-order valence-corrected chi connectivity index (χ4v) is 4.74. The van der Waals surface area contributed by atoms with Crippen LogP contribution in [0.4, 0.5) is 0 Å². The number of carbonyl (C=O) groups excluding carboxylic acids is 2. The Balaban J connectivity index is 0.00000341. The fourth-order valence-electron chi connectivity index (χ4n) is 4.74. The van der Waals surface area contributed by atoms with Crippen molar-refractivity contribution in [1.82, 2.24) is 25.3 Å². The Kier molecular flexibility index (Phi) is 11.3. The second kappa shape index (κ2) is 13.4. The number of nitrogens with one attached hydrogen (secondary N) is 2. The lowest BCUT2D eigenvalue weighted by atomic mass is 10.2. The predicted octanol–water partition coefficient (Wildman–Crippen LogP) is 1.65. The molecule has 2 heterocycles. The molecule has 3 fully saturated rings. The molecule has 31 heavy (non-hydrogen) atoms. The first-order chi connectivity index (χ1) is 14.6. The molecule has 0 radical (unpaired) electrons. The van der Waals surface area contributed by atoms with Crippen molar-refractivity contribution in [3.8, 4) is 0 Å². The van der Waals surface area contributed by atoms with Gasteiger partial charge < -0.3 is 20.4 Å². The third-order valence-electron chi connectivity index (χ3n) is 6.59. The molecule has 0 aromatic rings. The lowest BCUT2D eigenvalue weighted by Gasteiger charge is -2.39. The van der Waals surface area contributed by atoms with Crippen molar-refractivity contribution >= 4 is 41.8 Å². The quantitative estimate of drug-likeness (QED) is 0.288. The van der Waals surface area contributed by atoms with Crippen LogP contribution in [-0.2, 0) is 9.59 Å². The largest absolute Gasteiger partial charge is 0.357 e. The Morgan fingerprint density at radius 1 is 0.968 bits per heavy atom. The minimum Gasteiger partial charge on any atom is -0.357 e. The molecule has 9 heteroatoms. The lowest BCUT2D eigenvalue weighted by Crippen LogP contribution is -2.57. The van der Waals surface area contributed by atoms with Crippen LogP contribution in [0.1, 0.15) is 58.8 Å². The first-order valence-corrected chi connectivity index (χ1v) is 11.9. The van der Waals surface area contributed by atoms with Gasteiger partial charge in [0.1, 0.15) is 0 Å². The lowest BCUT2D eigenvalue weighted by molar-refractivity contribution is -0.135. The second-order valence-corrected chi connectivity index (χ2v) is 8.77. The SMILES string of the molecule is CCNC(=NCCC(=O)NC1CCCC1)N1CCN(C(C)C(=O)N2CCCC2)CC1.I. The second-order valence-electron chi connectivity index (χ2n) is 8.77. The maximum atomic E-state index is 12.7. The molecule has 0 aromatic heterocycles. The number of hydrogen-bond acceptors (Lipinski definition) is 4. The summed E-state index contributed by atoms with van der Waals surface area (Å²) >= 11 is 0. The molecule has 3 rings (SSSR count). The summed E-state index contributed by atoms with van der Waals surface area (Å²) < 4.78 is 0. The van der Waals surface area contributed by atoms with E-state index in [9.17, 15) is 9.59 Å². The Labute approximate surface area is 204 Å². The number of guanidine groups is 1. The summed E-state index contributed by atoms with van der Waals surface area (Å²) in [5.41, 5.74) is 0. The maximum absolute atomic E-state index is 12.7. The van der Waals surface area contributed by atoms with E-state index in [0.717, 1.165) is 77.5 Å². The summed E-state index contributed by atoms with van der Waals surface area (Å²) in [6.45, 7) is 10.6. The van der Waals surface area contributed by atoms with Gasteiger partial charge in [-0.1, -0.05) is 12.8 Å². The van der Waals surface area contributed by atoms with Crippen LogP contribution in [-0.4, -0.2) is 96.9 Å². The molecule has 1 saturated carbocycles. The number of aliphatic imine (C=N–C) groups is 1. The summed E-state index contributed by atoms with van der Waals surface area (Å²) in [6.07, 6.45) is 7.37. The smallest absolute Gasteiger partial charge is 0.239 e. The van der Waals surface area contributed by atoms with Gasteiger partial charge in [-0.25, -0.2) is 0 Å². The number of hydrogen-bond donors (Lipinski definition) is 2. The highest BCUT2D eigenvalue weighted by Gasteiger charge is 2.30. The van der Waals surface area contributed by atoms with Gasteiger partial charge in [-0.3, -0.25) is 19.5 Å². The van der Waals surface area contributed by atoms with Crippen LogP contribution >= 0.6 is 24.0 Å². The Hall–Kier alpha value is -1.10. The van der Waals surface area contributed by atoms with E-state index >= 15 is 0 Å². The van der Waals surface area contributed by atoms with E-state index in [2.05, 4.69) is 27.4 Å². The Morgan fingerprint density at radius 3 is 2.23 bits per heavy atom. The molecule has 0 spiro atoms.